The first kappa shape index (κ1) is 22.5. The maximum atomic E-state index is 13.7. The molecule has 4 rings (SSSR count). The number of hydrogen-bond donors (Lipinski definition) is 1. The van der Waals surface area contributed by atoms with E-state index in [1.807, 2.05) is 64.1 Å². The van der Waals surface area contributed by atoms with Gasteiger partial charge in [-0.1, -0.05) is 68.8 Å². The van der Waals surface area contributed by atoms with Crippen LogP contribution in [0.1, 0.15) is 44.7 Å². The van der Waals surface area contributed by atoms with Gasteiger partial charge < -0.3 is 5.32 Å². The fraction of sp³-hybridized carbons (Fsp3) is 0.423. The molecule has 0 aromatic heterocycles. The molecule has 2 aromatic rings. The number of fused-ring (bicyclic) bond motifs is 2. The maximum absolute atomic E-state index is 13.7. The van der Waals surface area contributed by atoms with Crippen molar-refractivity contribution in [3.63, 3.8) is 0 Å². The van der Waals surface area contributed by atoms with Gasteiger partial charge in [-0.05, 0) is 48.4 Å². The van der Waals surface area contributed by atoms with Gasteiger partial charge in [0.05, 0.1) is 5.41 Å². The Hall–Kier alpha value is -2.66. The van der Waals surface area contributed by atoms with Crippen LogP contribution in [0.3, 0.4) is 0 Å². The number of nitrogens with one attached hydrogen (secondary N) is 1. The summed E-state index contributed by atoms with van der Waals surface area (Å²) >= 11 is 6.13. The summed E-state index contributed by atoms with van der Waals surface area (Å²) in [4.78, 5) is 42.1. The van der Waals surface area contributed by atoms with Crippen LogP contribution in [0.15, 0.2) is 48.5 Å². The van der Waals surface area contributed by atoms with Crippen molar-refractivity contribution in [3.05, 3.63) is 64.7 Å². The molecule has 0 radical (unpaired) electrons. The highest BCUT2D eigenvalue weighted by molar-refractivity contribution is 6.31. The number of carbonyl (C=O) groups is 3. The number of carbonyl (C=O) groups excluding carboxylic acids is 3. The molecule has 1 N–H and O–H groups in total. The number of halogens is 1. The van der Waals surface area contributed by atoms with Crippen LogP contribution in [0.25, 0.3) is 0 Å². The molecule has 3 atom stereocenters. The van der Waals surface area contributed by atoms with Gasteiger partial charge in [-0.25, -0.2) is 0 Å². The summed E-state index contributed by atoms with van der Waals surface area (Å²) in [6.45, 7) is 7.81. The van der Waals surface area contributed by atoms with Crippen molar-refractivity contribution in [2.24, 2.45) is 16.7 Å². The number of benzene rings is 2. The van der Waals surface area contributed by atoms with Gasteiger partial charge in [0.15, 0.2) is 0 Å². The Morgan fingerprint density at radius 1 is 1.16 bits per heavy atom. The van der Waals surface area contributed by atoms with Crippen LogP contribution in [0.4, 0.5) is 5.69 Å². The normalized spacial score (nSPS) is 25.0. The minimum Gasteiger partial charge on any atom is -0.324 e. The van der Waals surface area contributed by atoms with E-state index in [1.165, 1.54) is 4.90 Å². The molecule has 168 valence electrons. The lowest BCUT2D eigenvalue weighted by Gasteiger charge is -2.49. The predicted octanol–water partition coefficient (Wildman–Crippen LogP) is 5.01. The average molecular weight is 453 g/mol. The minimum atomic E-state index is -0.938. The van der Waals surface area contributed by atoms with Crippen LogP contribution >= 0.6 is 11.6 Å². The molecule has 1 saturated heterocycles. The monoisotopic (exact) mass is 452 g/mol. The molecule has 1 saturated carbocycles. The van der Waals surface area contributed by atoms with Crippen LogP contribution in [0, 0.1) is 23.7 Å². The molecule has 32 heavy (non-hydrogen) atoms. The lowest BCUT2D eigenvalue weighted by molar-refractivity contribution is -0.172. The fourth-order valence-corrected chi connectivity index (χ4v) is 5.40. The van der Waals surface area contributed by atoms with Crippen molar-refractivity contribution in [1.82, 2.24) is 4.90 Å². The number of nitrogens with zero attached hydrogens (tertiary/aromatic N) is 1. The van der Waals surface area contributed by atoms with Gasteiger partial charge in [-0.3, -0.25) is 19.3 Å². The second kappa shape index (κ2) is 8.04. The molecule has 1 aliphatic heterocycles. The second-order valence-corrected chi connectivity index (χ2v) is 10.2. The summed E-state index contributed by atoms with van der Waals surface area (Å²) in [6, 6.07) is 13.8. The van der Waals surface area contributed by atoms with Crippen molar-refractivity contribution in [3.8, 4) is 0 Å². The molecule has 1 heterocycles. The highest BCUT2D eigenvalue weighted by Gasteiger charge is 2.65. The van der Waals surface area contributed by atoms with E-state index in [1.54, 1.807) is 12.1 Å². The first-order valence-electron chi connectivity index (χ1n) is 11.0. The zero-order valence-electron chi connectivity index (χ0n) is 18.9. The van der Waals surface area contributed by atoms with E-state index in [-0.39, 0.29) is 30.1 Å². The Kier molecular flexibility index (Phi) is 5.66. The average Bonchev–Trinajstić information content (AvgIpc) is 2.93. The quantitative estimate of drug-likeness (QED) is 0.648. The standard InChI is InChI=1S/C26H29ClN2O3/c1-16-10-11-18(27)15-20(16)28-22(30)21(14-17-8-6-5-7-9-17)29-23(31)19-12-13-26(4,24(29)32)25(19,2)3/h5-11,15,19,21H,12-14H2,1-4H3,(H,28,30). The molecule has 6 heteroatoms. The van der Waals surface area contributed by atoms with Gasteiger partial charge in [0.25, 0.3) is 0 Å². The molecule has 3 amide bonds. The van der Waals surface area contributed by atoms with Gasteiger partial charge in [0.1, 0.15) is 6.04 Å². The number of amides is 3. The maximum Gasteiger partial charge on any atom is 0.248 e. The Morgan fingerprint density at radius 3 is 2.53 bits per heavy atom. The summed E-state index contributed by atoms with van der Waals surface area (Å²) in [5.74, 6) is -1.15. The van der Waals surface area contributed by atoms with Gasteiger partial charge in [0, 0.05) is 23.0 Å². The van der Waals surface area contributed by atoms with E-state index in [4.69, 9.17) is 11.6 Å². The lowest BCUT2D eigenvalue weighted by atomic mass is 9.62. The van der Waals surface area contributed by atoms with Crippen molar-refractivity contribution in [2.75, 3.05) is 5.32 Å². The largest absolute Gasteiger partial charge is 0.324 e. The molecule has 2 aliphatic rings. The van der Waals surface area contributed by atoms with E-state index >= 15 is 0 Å². The van der Waals surface area contributed by atoms with Gasteiger partial charge in [-0.2, -0.15) is 0 Å². The Morgan fingerprint density at radius 2 is 1.84 bits per heavy atom. The topological polar surface area (TPSA) is 66.5 Å². The first-order chi connectivity index (χ1) is 15.1. The van der Waals surface area contributed by atoms with Gasteiger partial charge >= 0.3 is 0 Å². The van der Waals surface area contributed by atoms with E-state index < -0.39 is 16.9 Å². The summed E-state index contributed by atoms with van der Waals surface area (Å²) in [5, 5.41) is 3.43. The van der Waals surface area contributed by atoms with Gasteiger partial charge in [-0.15, -0.1) is 0 Å². The third-order valence-electron chi connectivity index (χ3n) is 7.80. The van der Waals surface area contributed by atoms with Crippen LogP contribution in [-0.4, -0.2) is 28.7 Å². The molecule has 1 aliphatic carbocycles. The molecule has 0 spiro atoms. The van der Waals surface area contributed by atoms with E-state index in [0.717, 1.165) is 11.1 Å². The third-order valence-corrected chi connectivity index (χ3v) is 8.03. The number of anilines is 1. The zero-order valence-corrected chi connectivity index (χ0v) is 19.7. The van der Waals surface area contributed by atoms with E-state index in [2.05, 4.69) is 5.32 Å². The van der Waals surface area contributed by atoms with Crippen LogP contribution in [-0.2, 0) is 20.8 Å². The van der Waals surface area contributed by atoms with Crippen molar-refractivity contribution < 1.29 is 14.4 Å². The summed E-state index contributed by atoms with van der Waals surface area (Å²) in [6.07, 6.45) is 1.57. The first-order valence-corrected chi connectivity index (χ1v) is 11.4. The summed E-state index contributed by atoms with van der Waals surface area (Å²) in [7, 11) is 0. The molecule has 2 fully saturated rings. The molecule has 2 bridgehead atoms. The molecule has 3 unspecified atom stereocenters. The number of imide groups is 1. The number of piperidine rings is 1. The summed E-state index contributed by atoms with van der Waals surface area (Å²) in [5.41, 5.74) is 1.21. The number of rotatable bonds is 5. The highest BCUT2D eigenvalue weighted by Crippen LogP contribution is 2.60. The van der Waals surface area contributed by atoms with Crippen molar-refractivity contribution >= 4 is 35.0 Å². The Balaban J connectivity index is 1.73. The minimum absolute atomic E-state index is 0.242. The molecular weight excluding hydrogens is 424 g/mol. The summed E-state index contributed by atoms with van der Waals surface area (Å²) < 4.78 is 0. The van der Waals surface area contributed by atoms with Crippen molar-refractivity contribution in [2.45, 2.75) is 53.0 Å². The third kappa shape index (κ3) is 3.53. The number of aryl methyl sites for hydroxylation is 1. The smallest absolute Gasteiger partial charge is 0.248 e. The number of likely N-dealkylation sites (tertiary alicyclic amines) is 1. The SMILES string of the molecule is Cc1ccc(Cl)cc1NC(=O)C(Cc1ccccc1)N1C(=O)C2CCC(C)(C1=O)C2(C)C. The van der Waals surface area contributed by atoms with E-state index in [9.17, 15) is 14.4 Å². The predicted molar refractivity (Wildman–Crippen MR) is 125 cm³/mol. The molecule has 2 aromatic carbocycles. The fourth-order valence-electron chi connectivity index (χ4n) is 5.23. The van der Waals surface area contributed by atoms with Crippen LogP contribution in [0.5, 0.6) is 0 Å². The Bertz CT molecular complexity index is 1080. The number of hydrogen-bond acceptors (Lipinski definition) is 3. The molecular formula is C26H29ClN2O3. The second-order valence-electron chi connectivity index (χ2n) is 9.81. The highest BCUT2D eigenvalue weighted by atomic mass is 35.5. The Labute approximate surface area is 194 Å². The van der Waals surface area contributed by atoms with Crippen molar-refractivity contribution in [1.29, 1.82) is 0 Å². The van der Waals surface area contributed by atoms with Crippen LogP contribution < -0.4 is 5.32 Å². The zero-order chi connectivity index (χ0) is 23.3. The van der Waals surface area contributed by atoms with E-state index in [0.29, 0.717) is 23.6 Å². The lowest BCUT2D eigenvalue weighted by Crippen LogP contribution is -2.64. The van der Waals surface area contributed by atoms with Crippen LogP contribution in [0.2, 0.25) is 5.02 Å². The van der Waals surface area contributed by atoms with Gasteiger partial charge in [0.2, 0.25) is 17.7 Å². The molecule has 5 nitrogen and oxygen atoms in total.